The molecule has 0 spiro atoms. The first-order valence-corrected chi connectivity index (χ1v) is 8.60. The van der Waals surface area contributed by atoms with Gasteiger partial charge in [-0.05, 0) is 38.5 Å². The second-order valence-corrected chi connectivity index (χ2v) is 6.19. The van der Waals surface area contributed by atoms with Crippen molar-refractivity contribution in [3.8, 4) is 0 Å². The van der Waals surface area contributed by atoms with Crippen LogP contribution < -0.4 is 0 Å². The molecule has 0 aliphatic heterocycles. The van der Waals surface area contributed by atoms with Crippen molar-refractivity contribution in [2.75, 3.05) is 0 Å². The zero-order chi connectivity index (χ0) is 15.3. The SMILES string of the molecule is O=C(O)CC(=O)CCCCCCCCCCC1=CCCC1. The standard InChI is InChI=1S/C18H30O3/c19-17(15-18(20)21)14-8-6-4-2-1-3-5-7-11-16-12-9-10-13-16/h12H,1-11,13-15H2,(H,20,21). The molecule has 1 rings (SSSR count). The van der Waals surface area contributed by atoms with E-state index in [1.165, 1.54) is 64.2 Å². The fraction of sp³-hybridized carbons (Fsp3) is 0.778. The third-order valence-corrected chi connectivity index (χ3v) is 4.19. The highest BCUT2D eigenvalue weighted by molar-refractivity contribution is 5.94. The van der Waals surface area contributed by atoms with E-state index in [2.05, 4.69) is 6.08 Å². The number of carboxylic acids is 1. The van der Waals surface area contributed by atoms with E-state index in [0.717, 1.165) is 12.8 Å². The number of hydrogen-bond acceptors (Lipinski definition) is 2. The molecule has 0 radical (unpaired) electrons. The highest BCUT2D eigenvalue weighted by Crippen LogP contribution is 2.23. The molecule has 1 aliphatic carbocycles. The molecule has 0 aromatic rings. The van der Waals surface area contributed by atoms with E-state index in [1.54, 1.807) is 5.57 Å². The lowest BCUT2D eigenvalue weighted by Crippen LogP contribution is -2.05. The molecule has 1 aliphatic rings. The molecule has 0 fully saturated rings. The van der Waals surface area contributed by atoms with Crippen LogP contribution in [0.4, 0.5) is 0 Å². The molecule has 0 saturated heterocycles. The van der Waals surface area contributed by atoms with Gasteiger partial charge in [-0.25, -0.2) is 0 Å². The lowest BCUT2D eigenvalue weighted by Gasteiger charge is -2.03. The zero-order valence-corrected chi connectivity index (χ0v) is 13.2. The highest BCUT2D eigenvalue weighted by atomic mass is 16.4. The van der Waals surface area contributed by atoms with Crippen molar-refractivity contribution in [2.24, 2.45) is 0 Å². The third kappa shape index (κ3) is 10.3. The number of allylic oxidation sites excluding steroid dienone is 2. The molecule has 0 amide bonds. The number of unbranched alkanes of at least 4 members (excludes halogenated alkanes) is 7. The van der Waals surface area contributed by atoms with Gasteiger partial charge in [-0.2, -0.15) is 0 Å². The van der Waals surface area contributed by atoms with Crippen LogP contribution in [0.15, 0.2) is 11.6 Å². The van der Waals surface area contributed by atoms with Gasteiger partial charge in [0.1, 0.15) is 12.2 Å². The first-order chi connectivity index (χ1) is 10.2. The molecule has 3 heteroatoms. The zero-order valence-electron chi connectivity index (χ0n) is 13.2. The van der Waals surface area contributed by atoms with Gasteiger partial charge in [-0.3, -0.25) is 9.59 Å². The predicted octanol–water partition coefficient (Wildman–Crippen LogP) is 5.04. The Morgan fingerprint density at radius 3 is 2.14 bits per heavy atom. The van der Waals surface area contributed by atoms with Crippen LogP contribution in [0.2, 0.25) is 0 Å². The Bertz CT molecular complexity index is 344. The van der Waals surface area contributed by atoms with E-state index < -0.39 is 5.97 Å². The van der Waals surface area contributed by atoms with E-state index in [4.69, 9.17) is 5.11 Å². The lowest BCUT2D eigenvalue weighted by molar-refractivity contribution is -0.140. The molecule has 0 aromatic heterocycles. The molecular formula is C18H30O3. The predicted molar refractivity (Wildman–Crippen MR) is 85.4 cm³/mol. The van der Waals surface area contributed by atoms with Crippen molar-refractivity contribution >= 4 is 11.8 Å². The molecule has 0 heterocycles. The summed E-state index contributed by atoms with van der Waals surface area (Å²) in [4.78, 5) is 21.5. The second-order valence-electron chi connectivity index (χ2n) is 6.19. The third-order valence-electron chi connectivity index (χ3n) is 4.19. The Balaban J connectivity index is 1.78. The molecule has 1 N–H and O–H groups in total. The van der Waals surface area contributed by atoms with Gasteiger partial charge in [0.15, 0.2) is 0 Å². The Morgan fingerprint density at radius 1 is 0.952 bits per heavy atom. The molecule has 0 aromatic carbocycles. The number of Topliss-reactive ketones (excluding diaryl/α,β-unsaturated/α-hetero) is 1. The summed E-state index contributed by atoms with van der Waals surface area (Å²) in [5, 5.41) is 8.47. The maximum atomic E-state index is 11.2. The maximum absolute atomic E-state index is 11.2. The Kier molecular flexibility index (Phi) is 9.84. The summed E-state index contributed by atoms with van der Waals surface area (Å²) in [5.41, 5.74) is 1.68. The van der Waals surface area contributed by atoms with Gasteiger partial charge in [-0.1, -0.05) is 50.2 Å². The molecular weight excluding hydrogens is 264 g/mol. The van der Waals surface area contributed by atoms with E-state index in [9.17, 15) is 9.59 Å². The van der Waals surface area contributed by atoms with Crippen LogP contribution in [-0.4, -0.2) is 16.9 Å². The number of carbonyl (C=O) groups is 2. The first kappa shape index (κ1) is 17.9. The summed E-state index contributed by atoms with van der Waals surface area (Å²) in [6.45, 7) is 0. The van der Waals surface area contributed by atoms with Crippen LogP contribution in [-0.2, 0) is 9.59 Å². The van der Waals surface area contributed by atoms with Gasteiger partial charge in [0.05, 0.1) is 0 Å². The lowest BCUT2D eigenvalue weighted by atomic mass is 10.0. The quantitative estimate of drug-likeness (QED) is 0.294. The monoisotopic (exact) mass is 294 g/mol. The normalized spacial score (nSPS) is 14.2. The van der Waals surface area contributed by atoms with Gasteiger partial charge in [0.2, 0.25) is 0 Å². The van der Waals surface area contributed by atoms with Gasteiger partial charge in [0, 0.05) is 6.42 Å². The van der Waals surface area contributed by atoms with Crippen LogP contribution in [0.3, 0.4) is 0 Å². The molecule has 3 nitrogen and oxygen atoms in total. The van der Waals surface area contributed by atoms with E-state index in [-0.39, 0.29) is 12.2 Å². The fourth-order valence-electron chi connectivity index (χ4n) is 2.96. The molecule has 21 heavy (non-hydrogen) atoms. The molecule has 0 saturated carbocycles. The molecule has 0 atom stereocenters. The minimum absolute atomic E-state index is 0.135. The number of carbonyl (C=O) groups excluding carboxylic acids is 1. The minimum Gasteiger partial charge on any atom is -0.481 e. The van der Waals surface area contributed by atoms with Crippen LogP contribution in [0.1, 0.15) is 89.9 Å². The summed E-state index contributed by atoms with van der Waals surface area (Å²) in [6, 6.07) is 0. The number of aliphatic carboxylic acids is 1. The summed E-state index contributed by atoms with van der Waals surface area (Å²) in [5.74, 6) is -1.14. The van der Waals surface area contributed by atoms with Gasteiger partial charge >= 0.3 is 5.97 Å². The van der Waals surface area contributed by atoms with E-state index in [0.29, 0.717) is 6.42 Å². The van der Waals surface area contributed by atoms with Crippen molar-refractivity contribution < 1.29 is 14.7 Å². The van der Waals surface area contributed by atoms with Crippen molar-refractivity contribution in [3.05, 3.63) is 11.6 Å². The topological polar surface area (TPSA) is 54.4 Å². The second kappa shape index (κ2) is 11.5. The Morgan fingerprint density at radius 2 is 1.57 bits per heavy atom. The largest absolute Gasteiger partial charge is 0.481 e. The average Bonchev–Trinajstić information content (AvgIpc) is 2.93. The first-order valence-electron chi connectivity index (χ1n) is 8.60. The average molecular weight is 294 g/mol. The van der Waals surface area contributed by atoms with Crippen LogP contribution in [0.5, 0.6) is 0 Å². The molecule has 0 unspecified atom stereocenters. The number of ketones is 1. The van der Waals surface area contributed by atoms with Gasteiger partial charge in [0.25, 0.3) is 0 Å². The smallest absolute Gasteiger partial charge is 0.310 e. The number of carboxylic acid groups (broad SMARTS) is 1. The maximum Gasteiger partial charge on any atom is 0.310 e. The summed E-state index contributed by atoms with van der Waals surface area (Å²) in [6.07, 6.45) is 17.5. The summed E-state index contributed by atoms with van der Waals surface area (Å²) >= 11 is 0. The van der Waals surface area contributed by atoms with Crippen molar-refractivity contribution in [3.63, 3.8) is 0 Å². The van der Waals surface area contributed by atoms with Crippen LogP contribution in [0.25, 0.3) is 0 Å². The Hall–Kier alpha value is -1.12. The number of hydrogen-bond donors (Lipinski definition) is 1. The van der Waals surface area contributed by atoms with Crippen molar-refractivity contribution in [1.82, 2.24) is 0 Å². The summed E-state index contributed by atoms with van der Waals surface area (Å²) < 4.78 is 0. The fourth-order valence-corrected chi connectivity index (χ4v) is 2.96. The number of rotatable bonds is 13. The van der Waals surface area contributed by atoms with Crippen LogP contribution >= 0.6 is 0 Å². The van der Waals surface area contributed by atoms with Crippen LogP contribution in [0, 0.1) is 0 Å². The molecule has 0 bridgehead atoms. The van der Waals surface area contributed by atoms with Crippen molar-refractivity contribution in [2.45, 2.75) is 89.9 Å². The highest BCUT2D eigenvalue weighted by Gasteiger charge is 2.06. The minimum atomic E-state index is -1.01. The van der Waals surface area contributed by atoms with Gasteiger partial charge in [-0.15, -0.1) is 0 Å². The van der Waals surface area contributed by atoms with E-state index >= 15 is 0 Å². The summed E-state index contributed by atoms with van der Waals surface area (Å²) in [7, 11) is 0. The molecule has 120 valence electrons. The van der Waals surface area contributed by atoms with E-state index in [1.807, 2.05) is 0 Å². The Labute approximate surface area is 128 Å². The van der Waals surface area contributed by atoms with Crippen molar-refractivity contribution in [1.29, 1.82) is 0 Å². The van der Waals surface area contributed by atoms with Gasteiger partial charge < -0.3 is 5.11 Å².